The van der Waals surface area contributed by atoms with Crippen molar-refractivity contribution in [3.63, 3.8) is 0 Å². The Morgan fingerprint density at radius 2 is 1.77 bits per heavy atom. The second-order valence-electron chi connectivity index (χ2n) is 3.88. The van der Waals surface area contributed by atoms with Gasteiger partial charge in [0.15, 0.2) is 11.6 Å². The number of aromatic nitrogens is 4. The van der Waals surface area contributed by atoms with E-state index in [2.05, 4.69) is 4.98 Å². The Balaban J connectivity index is 2.78. The Kier molecular flexibility index (Phi) is 3.30. The van der Waals surface area contributed by atoms with Crippen LogP contribution in [0, 0.1) is 0 Å². The van der Waals surface area contributed by atoms with Gasteiger partial charge in [-0.3, -0.25) is 9.78 Å². The predicted octanol–water partition coefficient (Wildman–Crippen LogP) is -3.43. The molecule has 2 aromatic rings. The Labute approximate surface area is 119 Å². The van der Waals surface area contributed by atoms with Crippen LogP contribution in [0.5, 0.6) is 11.5 Å². The van der Waals surface area contributed by atoms with Crippen molar-refractivity contribution in [2.75, 3.05) is 10.9 Å². The van der Waals surface area contributed by atoms with E-state index < -0.39 is 40.3 Å². The molecule has 13 heteroatoms. The largest absolute Gasteiger partial charge is 0.503 e. The number of H-pyrrole nitrogens is 1. The number of carbonyl (C=O) groups excluding carboxylic acids is 1. The van der Waals surface area contributed by atoms with Crippen LogP contribution in [-0.2, 0) is 0 Å². The van der Waals surface area contributed by atoms with E-state index in [1.165, 1.54) is 0 Å². The topological polar surface area (TPSA) is 203 Å². The number of hydrogen-bond donors (Lipinski definition) is 5. The number of aromatic amines is 1. The molecule has 0 aliphatic heterocycles. The van der Waals surface area contributed by atoms with Crippen LogP contribution in [0.25, 0.3) is 0 Å². The molecule has 2 amide bonds. The van der Waals surface area contributed by atoms with Gasteiger partial charge < -0.3 is 21.7 Å². The molecule has 7 N–H and O–H groups in total. The molecule has 0 spiro atoms. The molecule has 0 aliphatic rings. The SMILES string of the molecule is NC(=O)N(n1cc(O)c(N)nc1=O)n1cc(O)c(=O)[nH]c1=O. The fourth-order valence-electron chi connectivity index (χ4n) is 1.49. The third-order valence-corrected chi connectivity index (χ3v) is 2.43. The molecule has 2 rings (SSSR count). The number of aromatic hydroxyl groups is 2. The van der Waals surface area contributed by atoms with Crippen LogP contribution in [-0.4, -0.2) is 35.6 Å². The summed E-state index contributed by atoms with van der Waals surface area (Å²) in [6.45, 7) is 0. The minimum atomic E-state index is -1.36. The molecule has 116 valence electrons. The average Bonchev–Trinajstić information content (AvgIpc) is 2.41. The predicted molar refractivity (Wildman–Crippen MR) is 70.8 cm³/mol. The molecule has 0 saturated heterocycles. The summed E-state index contributed by atoms with van der Waals surface area (Å²) in [5.74, 6) is -2.11. The first-order valence-electron chi connectivity index (χ1n) is 5.45. The molecule has 0 aromatic carbocycles. The molecular weight excluding hydrogens is 302 g/mol. The van der Waals surface area contributed by atoms with Gasteiger partial charge in [0.05, 0.1) is 12.4 Å². The lowest BCUT2D eigenvalue weighted by molar-refractivity contribution is 0.243. The normalized spacial score (nSPS) is 10.4. The number of nitrogen functional groups attached to an aromatic ring is 1. The molecule has 0 atom stereocenters. The summed E-state index contributed by atoms with van der Waals surface area (Å²) in [5, 5.41) is 19.0. The second-order valence-corrected chi connectivity index (χ2v) is 3.88. The maximum Gasteiger partial charge on any atom is 0.370 e. The Morgan fingerprint density at radius 1 is 1.18 bits per heavy atom. The number of nitrogens with two attached hydrogens (primary N) is 2. The van der Waals surface area contributed by atoms with Crippen LogP contribution >= 0.6 is 0 Å². The third-order valence-electron chi connectivity index (χ3n) is 2.43. The zero-order valence-corrected chi connectivity index (χ0v) is 10.6. The van der Waals surface area contributed by atoms with E-state index in [0.717, 1.165) is 0 Å². The van der Waals surface area contributed by atoms with E-state index in [0.29, 0.717) is 21.7 Å². The molecule has 0 bridgehead atoms. The number of anilines is 1. The van der Waals surface area contributed by atoms with Gasteiger partial charge in [-0.05, 0) is 0 Å². The zero-order valence-electron chi connectivity index (χ0n) is 10.6. The summed E-state index contributed by atoms with van der Waals surface area (Å²) < 4.78 is 0.685. The van der Waals surface area contributed by atoms with Crippen molar-refractivity contribution >= 4 is 11.8 Å². The Hall–Kier alpha value is -3.77. The maximum absolute atomic E-state index is 11.7. The third kappa shape index (κ3) is 2.33. The monoisotopic (exact) mass is 311 g/mol. The van der Waals surface area contributed by atoms with Gasteiger partial charge in [-0.15, -0.1) is 5.12 Å². The summed E-state index contributed by atoms with van der Waals surface area (Å²) in [4.78, 5) is 50.9. The van der Waals surface area contributed by atoms with Gasteiger partial charge in [0, 0.05) is 0 Å². The fraction of sp³-hybridized carbons (Fsp3) is 0. The van der Waals surface area contributed by atoms with Crippen molar-refractivity contribution in [3.8, 4) is 11.5 Å². The number of amides is 2. The van der Waals surface area contributed by atoms with Crippen LogP contribution < -0.4 is 33.5 Å². The molecular formula is C9H9N7O6. The van der Waals surface area contributed by atoms with E-state index in [1.807, 2.05) is 0 Å². The quantitative estimate of drug-likeness (QED) is 0.376. The smallest absolute Gasteiger partial charge is 0.370 e. The maximum atomic E-state index is 11.7. The number of hydrogen-bond acceptors (Lipinski definition) is 8. The Morgan fingerprint density at radius 3 is 2.36 bits per heavy atom. The van der Waals surface area contributed by atoms with Crippen molar-refractivity contribution in [1.29, 1.82) is 0 Å². The van der Waals surface area contributed by atoms with Crippen molar-refractivity contribution in [1.82, 2.24) is 19.3 Å². The van der Waals surface area contributed by atoms with Gasteiger partial charge in [0.1, 0.15) is 0 Å². The van der Waals surface area contributed by atoms with E-state index >= 15 is 0 Å². The van der Waals surface area contributed by atoms with Gasteiger partial charge in [0.2, 0.25) is 5.75 Å². The van der Waals surface area contributed by atoms with E-state index in [9.17, 15) is 29.4 Å². The van der Waals surface area contributed by atoms with Gasteiger partial charge in [-0.2, -0.15) is 14.3 Å². The molecule has 0 radical (unpaired) electrons. The van der Waals surface area contributed by atoms with E-state index in [-0.39, 0.29) is 5.12 Å². The van der Waals surface area contributed by atoms with Gasteiger partial charge in [-0.25, -0.2) is 14.4 Å². The van der Waals surface area contributed by atoms with Crippen molar-refractivity contribution in [2.45, 2.75) is 0 Å². The fourth-order valence-corrected chi connectivity index (χ4v) is 1.49. The number of nitrogens with one attached hydrogen (secondary N) is 1. The minimum absolute atomic E-state index is 0.215. The van der Waals surface area contributed by atoms with Crippen LogP contribution in [0.1, 0.15) is 0 Å². The first-order valence-corrected chi connectivity index (χ1v) is 5.45. The van der Waals surface area contributed by atoms with Crippen molar-refractivity contribution in [3.05, 3.63) is 43.7 Å². The van der Waals surface area contributed by atoms with Crippen molar-refractivity contribution in [2.24, 2.45) is 5.73 Å². The molecule has 22 heavy (non-hydrogen) atoms. The highest BCUT2D eigenvalue weighted by molar-refractivity contribution is 5.82. The lowest BCUT2D eigenvalue weighted by atomic mass is 10.5. The molecule has 0 aliphatic carbocycles. The zero-order chi connectivity index (χ0) is 16.6. The Bertz CT molecular complexity index is 925. The molecule has 2 aromatic heterocycles. The summed E-state index contributed by atoms with van der Waals surface area (Å²) in [6, 6.07) is -1.36. The molecule has 13 nitrogen and oxygen atoms in total. The lowest BCUT2D eigenvalue weighted by Crippen LogP contribution is -2.57. The number of carbonyl (C=O) groups is 1. The first kappa shape index (κ1) is 14.6. The average molecular weight is 311 g/mol. The highest BCUT2D eigenvalue weighted by Crippen LogP contribution is 2.12. The highest BCUT2D eigenvalue weighted by Gasteiger charge is 2.20. The molecule has 0 saturated carbocycles. The van der Waals surface area contributed by atoms with E-state index in [4.69, 9.17) is 11.5 Å². The van der Waals surface area contributed by atoms with Crippen LogP contribution in [0.4, 0.5) is 10.6 Å². The summed E-state index contributed by atoms with van der Waals surface area (Å²) >= 11 is 0. The minimum Gasteiger partial charge on any atom is -0.503 e. The lowest BCUT2D eigenvalue weighted by Gasteiger charge is -2.22. The standard InChI is InChI=1S/C9H9N7O6/c10-5-3(17)1-14(8(21)12-5)16(7(11)20)15-2-4(18)6(19)13-9(15)22/h1-2,17-18H,(H2,11,20)(H2,10,12,21)(H,13,19,22). The van der Waals surface area contributed by atoms with Crippen LogP contribution in [0.2, 0.25) is 0 Å². The van der Waals surface area contributed by atoms with Gasteiger partial charge in [-0.1, -0.05) is 0 Å². The van der Waals surface area contributed by atoms with Crippen LogP contribution in [0.3, 0.4) is 0 Å². The molecule has 2 heterocycles. The highest BCUT2D eigenvalue weighted by atomic mass is 16.3. The van der Waals surface area contributed by atoms with Gasteiger partial charge in [0.25, 0.3) is 5.56 Å². The van der Waals surface area contributed by atoms with Gasteiger partial charge >= 0.3 is 17.4 Å². The number of urea groups is 1. The van der Waals surface area contributed by atoms with Crippen LogP contribution in [0.15, 0.2) is 26.8 Å². The van der Waals surface area contributed by atoms with E-state index in [1.54, 1.807) is 4.98 Å². The first-order chi connectivity index (χ1) is 10.2. The summed E-state index contributed by atoms with van der Waals surface area (Å²) in [7, 11) is 0. The second kappa shape index (κ2) is 4.97. The molecule has 0 fully saturated rings. The summed E-state index contributed by atoms with van der Waals surface area (Å²) in [6.07, 6.45) is 1.22. The number of nitrogens with zero attached hydrogens (tertiary/aromatic N) is 4. The number of primary amides is 1. The van der Waals surface area contributed by atoms with Crippen molar-refractivity contribution < 1.29 is 15.0 Å². The summed E-state index contributed by atoms with van der Waals surface area (Å²) in [5.41, 5.74) is 6.82. The molecule has 0 unspecified atom stereocenters. The number of rotatable bonds is 2.